The van der Waals surface area contributed by atoms with E-state index in [2.05, 4.69) is 59.4 Å². The summed E-state index contributed by atoms with van der Waals surface area (Å²) in [4.78, 5) is 0. The first kappa shape index (κ1) is 11.2. The van der Waals surface area contributed by atoms with Gasteiger partial charge in [0.25, 0.3) is 0 Å². The van der Waals surface area contributed by atoms with E-state index in [1.54, 1.807) is 0 Å². The van der Waals surface area contributed by atoms with Gasteiger partial charge in [-0.1, -0.05) is 41.9 Å². The van der Waals surface area contributed by atoms with E-state index in [1.807, 2.05) is 0 Å². The van der Waals surface area contributed by atoms with Crippen molar-refractivity contribution in [1.29, 1.82) is 0 Å². The molecule has 0 aromatic heterocycles. The predicted octanol–water partition coefficient (Wildman–Crippen LogP) is 3.34. The van der Waals surface area contributed by atoms with Crippen molar-refractivity contribution in [3.8, 4) is 0 Å². The van der Waals surface area contributed by atoms with Crippen molar-refractivity contribution < 1.29 is 0 Å². The zero-order chi connectivity index (χ0) is 10.9. The average molecular weight is 268 g/mol. The lowest BCUT2D eigenvalue weighted by Gasteiger charge is -2.33. The van der Waals surface area contributed by atoms with E-state index in [1.165, 1.54) is 16.5 Å². The summed E-state index contributed by atoms with van der Waals surface area (Å²) in [6, 6.07) is 8.77. The maximum absolute atomic E-state index is 3.56. The second-order valence-corrected chi connectivity index (χ2v) is 5.66. The van der Waals surface area contributed by atoms with Crippen LogP contribution in [-0.2, 0) is 5.41 Å². The third-order valence-electron chi connectivity index (χ3n) is 3.69. The summed E-state index contributed by atoms with van der Waals surface area (Å²) in [5.74, 6) is 0.682. The van der Waals surface area contributed by atoms with Crippen molar-refractivity contribution in [1.82, 2.24) is 5.32 Å². The molecule has 1 aliphatic heterocycles. The van der Waals surface area contributed by atoms with Gasteiger partial charge in [-0.05, 0) is 36.6 Å². The molecule has 0 radical (unpaired) electrons. The monoisotopic (exact) mass is 267 g/mol. The molecule has 0 amide bonds. The number of nitrogens with one attached hydrogen (secondary N) is 1. The summed E-state index contributed by atoms with van der Waals surface area (Å²) < 4.78 is 1.19. The molecule has 0 spiro atoms. The first-order valence-corrected chi connectivity index (χ1v) is 6.41. The van der Waals surface area contributed by atoms with E-state index >= 15 is 0 Å². The normalized spacial score (nSPS) is 26.1. The highest BCUT2D eigenvalue weighted by Gasteiger charge is 2.38. The van der Waals surface area contributed by atoms with Crippen LogP contribution in [-0.4, -0.2) is 13.1 Å². The highest BCUT2D eigenvalue weighted by Crippen LogP contribution is 2.38. The molecule has 2 rings (SSSR count). The first-order chi connectivity index (χ1) is 7.15. The van der Waals surface area contributed by atoms with Crippen LogP contribution in [0, 0.1) is 5.92 Å². The smallest absolute Gasteiger partial charge is 0.0178 e. The van der Waals surface area contributed by atoms with Crippen LogP contribution in [0.3, 0.4) is 0 Å². The van der Waals surface area contributed by atoms with E-state index in [4.69, 9.17) is 0 Å². The minimum Gasteiger partial charge on any atom is -0.316 e. The Morgan fingerprint density at radius 3 is 2.73 bits per heavy atom. The number of hydrogen-bond donors (Lipinski definition) is 1. The fraction of sp³-hybridized carbons (Fsp3) is 0.538. The van der Waals surface area contributed by atoms with Crippen molar-refractivity contribution in [3.05, 3.63) is 34.3 Å². The van der Waals surface area contributed by atoms with Gasteiger partial charge in [-0.25, -0.2) is 0 Å². The van der Waals surface area contributed by atoms with Gasteiger partial charge < -0.3 is 5.32 Å². The van der Waals surface area contributed by atoms with Crippen LogP contribution in [0.1, 0.15) is 25.8 Å². The number of halogens is 1. The van der Waals surface area contributed by atoms with Gasteiger partial charge in [0.2, 0.25) is 0 Å². The minimum absolute atomic E-state index is 0.337. The van der Waals surface area contributed by atoms with Crippen LogP contribution in [0.2, 0.25) is 0 Å². The predicted molar refractivity (Wildman–Crippen MR) is 68.1 cm³/mol. The molecule has 1 nitrogen and oxygen atoms in total. The molecule has 15 heavy (non-hydrogen) atoms. The second-order valence-electron chi connectivity index (χ2n) is 4.75. The molecule has 1 aromatic carbocycles. The first-order valence-electron chi connectivity index (χ1n) is 5.62. The molecule has 1 aliphatic rings. The van der Waals surface area contributed by atoms with Crippen molar-refractivity contribution in [2.75, 3.05) is 13.1 Å². The zero-order valence-corrected chi connectivity index (χ0v) is 11.0. The molecule has 1 unspecified atom stereocenters. The zero-order valence-electron chi connectivity index (χ0n) is 9.39. The Morgan fingerprint density at radius 2 is 2.20 bits per heavy atom. The Morgan fingerprint density at radius 1 is 1.40 bits per heavy atom. The number of rotatable bonds is 2. The van der Waals surface area contributed by atoms with Crippen LogP contribution in [0.5, 0.6) is 0 Å². The van der Waals surface area contributed by atoms with Crippen LogP contribution >= 0.6 is 15.9 Å². The summed E-state index contributed by atoms with van der Waals surface area (Å²) in [5.41, 5.74) is 1.81. The fourth-order valence-electron chi connectivity index (χ4n) is 2.58. The third kappa shape index (κ3) is 1.98. The quantitative estimate of drug-likeness (QED) is 0.867. The number of hydrogen-bond acceptors (Lipinski definition) is 1. The molecule has 1 atom stereocenters. The van der Waals surface area contributed by atoms with Gasteiger partial charge in [0.1, 0.15) is 0 Å². The fourth-order valence-corrected chi connectivity index (χ4v) is 2.98. The number of benzene rings is 1. The molecule has 1 N–H and O–H groups in total. The second kappa shape index (κ2) is 4.26. The lowest BCUT2D eigenvalue weighted by molar-refractivity contribution is 0.336. The van der Waals surface area contributed by atoms with E-state index in [0.717, 1.165) is 13.1 Å². The van der Waals surface area contributed by atoms with Crippen molar-refractivity contribution >= 4 is 15.9 Å². The lowest BCUT2D eigenvalue weighted by Crippen LogP contribution is -2.34. The SMILES string of the molecule is CC(C)C1(c2cccc(Br)c2)CCNC1. The van der Waals surface area contributed by atoms with Gasteiger partial charge >= 0.3 is 0 Å². The Balaban J connectivity index is 2.41. The Bertz CT molecular complexity index is 340. The van der Waals surface area contributed by atoms with Crippen LogP contribution in [0.25, 0.3) is 0 Å². The Hall–Kier alpha value is -0.340. The van der Waals surface area contributed by atoms with Crippen molar-refractivity contribution in [3.63, 3.8) is 0 Å². The van der Waals surface area contributed by atoms with Gasteiger partial charge in [-0.3, -0.25) is 0 Å². The van der Waals surface area contributed by atoms with E-state index in [9.17, 15) is 0 Å². The molecule has 1 saturated heterocycles. The molecular weight excluding hydrogens is 250 g/mol. The molecule has 1 heterocycles. The topological polar surface area (TPSA) is 12.0 Å². The van der Waals surface area contributed by atoms with Crippen LogP contribution in [0.4, 0.5) is 0 Å². The molecule has 0 saturated carbocycles. The highest BCUT2D eigenvalue weighted by atomic mass is 79.9. The van der Waals surface area contributed by atoms with Crippen LogP contribution in [0.15, 0.2) is 28.7 Å². The molecule has 1 aromatic rings. The van der Waals surface area contributed by atoms with Crippen LogP contribution < -0.4 is 5.32 Å². The molecule has 2 heteroatoms. The summed E-state index contributed by atoms with van der Waals surface area (Å²) >= 11 is 3.56. The molecule has 1 fully saturated rings. The van der Waals surface area contributed by atoms with Gasteiger partial charge in [0.05, 0.1) is 0 Å². The lowest BCUT2D eigenvalue weighted by atomic mass is 9.71. The standard InChI is InChI=1S/C13H18BrN/c1-10(2)13(6-7-15-9-13)11-4-3-5-12(14)8-11/h3-5,8,10,15H,6-7,9H2,1-2H3. The maximum atomic E-state index is 3.56. The minimum atomic E-state index is 0.337. The molecule has 0 aliphatic carbocycles. The van der Waals surface area contributed by atoms with E-state index in [0.29, 0.717) is 11.3 Å². The third-order valence-corrected chi connectivity index (χ3v) is 4.19. The molecule has 0 bridgehead atoms. The van der Waals surface area contributed by atoms with Crippen molar-refractivity contribution in [2.45, 2.75) is 25.7 Å². The van der Waals surface area contributed by atoms with Crippen molar-refractivity contribution in [2.24, 2.45) is 5.92 Å². The molecular formula is C13H18BrN. The summed E-state index contributed by atoms with van der Waals surface area (Å²) in [7, 11) is 0. The van der Waals surface area contributed by atoms with Gasteiger partial charge in [0.15, 0.2) is 0 Å². The Kier molecular flexibility index (Phi) is 3.17. The summed E-state index contributed by atoms with van der Waals surface area (Å²) in [5, 5.41) is 3.50. The van der Waals surface area contributed by atoms with E-state index < -0.39 is 0 Å². The van der Waals surface area contributed by atoms with E-state index in [-0.39, 0.29) is 0 Å². The maximum Gasteiger partial charge on any atom is 0.0178 e. The highest BCUT2D eigenvalue weighted by molar-refractivity contribution is 9.10. The van der Waals surface area contributed by atoms with Gasteiger partial charge in [0, 0.05) is 16.4 Å². The Labute approximate surface area is 100 Å². The van der Waals surface area contributed by atoms with Gasteiger partial charge in [-0.2, -0.15) is 0 Å². The summed E-state index contributed by atoms with van der Waals surface area (Å²) in [6.45, 7) is 6.91. The summed E-state index contributed by atoms with van der Waals surface area (Å²) in [6.07, 6.45) is 1.25. The molecule has 82 valence electrons. The average Bonchev–Trinajstić information content (AvgIpc) is 2.67. The van der Waals surface area contributed by atoms with Gasteiger partial charge in [-0.15, -0.1) is 0 Å². The largest absolute Gasteiger partial charge is 0.316 e.